The van der Waals surface area contributed by atoms with E-state index in [0.717, 1.165) is 60.2 Å². The second kappa shape index (κ2) is 12.1. The maximum absolute atomic E-state index is 13.7. The first kappa shape index (κ1) is 27.7. The summed E-state index contributed by atoms with van der Waals surface area (Å²) in [6.45, 7) is 2.20. The Labute approximate surface area is 240 Å². The molecule has 5 nitrogen and oxygen atoms in total. The zero-order valence-electron chi connectivity index (χ0n) is 22.1. The number of halogens is 2. The van der Waals surface area contributed by atoms with Crippen LogP contribution >= 0.6 is 24.2 Å². The second-order valence-corrected chi connectivity index (χ2v) is 11.5. The molecular weight excluding hydrogens is 531 g/mol. The highest BCUT2D eigenvalue weighted by Gasteiger charge is 2.46. The van der Waals surface area contributed by atoms with Crippen molar-refractivity contribution in [3.63, 3.8) is 0 Å². The van der Waals surface area contributed by atoms with Crippen LogP contribution in [0.25, 0.3) is 0 Å². The van der Waals surface area contributed by atoms with Gasteiger partial charge < -0.3 is 15.5 Å². The zero-order valence-corrected chi connectivity index (χ0v) is 23.7. The number of aryl methyl sites for hydroxylation is 1. The summed E-state index contributed by atoms with van der Waals surface area (Å²) in [4.78, 5) is 23.2. The highest BCUT2D eigenvalue weighted by atomic mass is 35.5. The lowest BCUT2D eigenvalue weighted by atomic mass is 9.88. The predicted molar refractivity (Wildman–Crippen MR) is 160 cm³/mol. The van der Waals surface area contributed by atoms with Crippen molar-refractivity contribution in [1.82, 2.24) is 4.90 Å². The topological polar surface area (TPSA) is 61.9 Å². The molecule has 3 aromatic carbocycles. The smallest absolute Gasteiger partial charge is 0.231 e. The van der Waals surface area contributed by atoms with Crippen LogP contribution < -0.4 is 10.6 Å². The zero-order chi connectivity index (χ0) is 27.5. The van der Waals surface area contributed by atoms with E-state index in [-0.39, 0.29) is 29.6 Å². The van der Waals surface area contributed by atoms with E-state index in [1.165, 1.54) is 28.8 Å². The molecule has 3 aromatic rings. The third-order valence-corrected chi connectivity index (χ3v) is 8.32. The van der Waals surface area contributed by atoms with Crippen LogP contribution in [0.4, 0.5) is 10.1 Å². The van der Waals surface area contributed by atoms with Crippen LogP contribution in [-0.2, 0) is 11.2 Å². The molecular formula is C31H34ClFN4OS. The van der Waals surface area contributed by atoms with Gasteiger partial charge in [0.15, 0.2) is 0 Å². The number of hydrogen-bond acceptors (Lipinski definition) is 5. The molecule has 0 spiro atoms. The van der Waals surface area contributed by atoms with Gasteiger partial charge in [0.05, 0.1) is 13.1 Å². The van der Waals surface area contributed by atoms with E-state index in [9.17, 15) is 9.18 Å². The van der Waals surface area contributed by atoms with Gasteiger partial charge in [-0.1, -0.05) is 29.8 Å². The van der Waals surface area contributed by atoms with E-state index in [1.54, 1.807) is 12.1 Å². The Kier molecular flexibility index (Phi) is 8.60. The minimum Gasteiger partial charge on any atom is -0.360 e. The van der Waals surface area contributed by atoms with Crippen LogP contribution in [0.1, 0.15) is 47.9 Å². The summed E-state index contributed by atoms with van der Waals surface area (Å²) in [6, 6.07) is 20.3. The molecule has 1 saturated carbocycles. The van der Waals surface area contributed by atoms with Crippen molar-refractivity contribution in [3.8, 4) is 0 Å². The van der Waals surface area contributed by atoms with Gasteiger partial charge >= 0.3 is 0 Å². The molecule has 1 heterocycles. The van der Waals surface area contributed by atoms with Gasteiger partial charge in [-0.05, 0) is 96.8 Å². The van der Waals surface area contributed by atoms with Gasteiger partial charge in [-0.25, -0.2) is 4.39 Å². The minimum absolute atomic E-state index is 0.00168. The lowest BCUT2D eigenvalue weighted by molar-refractivity contribution is -0.119. The summed E-state index contributed by atoms with van der Waals surface area (Å²) in [6.07, 6.45) is 4.07. The third-order valence-electron chi connectivity index (χ3n) is 7.77. The quantitative estimate of drug-likeness (QED) is 0.359. The maximum atomic E-state index is 13.7. The molecule has 8 heteroatoms. The van der Waals surface area contributed by atoms with E-state index in [2.05, 4.69) is 40.7 Å². The van der Waals surface area contributed by atoms with Gasteiger partial charge in [0.2, 0.25) is 5.91 Å². The molecule has 0 radical (unpaired) electrons. The van der Waals surface area contributed by atoms with Gasteiger partial charge in [0.25, 0.3) is 0 Å². The molecule has 0 saturated heterocycles. The summed E-state index contributed by atoms with van der Waals surface area (Å²) >= 11 is 10.0. The highest BCUT2D eigenvalue weighted by Crippen LogP contribution is 2.49. The Morgan fingerprint density at radius 2 is 1.90 bits per heavy atom. The predicted octanol–water partition coefficient (Wildman–Crippen LogP) is 6.27. The van der Waals surface area contributed by atoms with Gasteiger partial charge in [-0.15, -0.1) is 12.6 Å². The Morgan fingerprint density at radius 3 is 2.56 bits per heavy atom. The summed E-state index contributed by atoms with van der Waals surface area (Å²) in [7, 11) is 2.05. The first-order valence-corrected chi connectivity index (χ1v) is 14.3. The number of anilines is 1. The van der Waals surface area contributed by atoms with Crippen molar-refractivity contribution in [2.45, 2.75) is 42.5 Å². The fraction of sp³-hybridized carbons (Fsp3) is 0.355. The van der Waals surface area contributed by atoms with Gasteiger partial charge in [0, 0.05) is 41.2 Å². The first-order valence-electron chi connectivity index (χ1n) is 13.4. The number of hydrogen-bond donors (Lipinski definition) is 2. The third kappa shape index (κ3) is 6.65. The summed E-state index contributed by atoms with van der Waals surface area (Å²) in [5, 5.41) is 0.724. The van der Waals surface area contributed by atoms with Crippen LogP contribution in [0.2, 0.25) is 5.02 Å². The van der Waals surface area contributed by atoms with E-state index < -0.39 is 0 Å². The molecule has 1 unspecified atom stereocenters. The number of benzene rings is 3. The standard InChI is InChI=1S/C25H29ClN4O.C6H5FS/c1-29-12-11-28-24(29)15-30(19-10-7-16-3-2-4-23(27)21(16)13-19)25(31)22-14-20(22)17-5-8-18(26)9-6-17;7-5-1-3-6(8)4-2-5/h5-10,13,20,22-23H,2-4,11-12,14-15,27H2,1H3;1-4,8H/t20-,22+,23?;/m1./s1. The summed E-state index contributed by atoms with van der Waals surface area (Å²) < 4.78 is 12.1. The lowest BCUT2D eigenvalue weighted by Gasteiger charge is -2.29. The summed E-state index contributed by atoms with van der Waals surface area (Å²) in [5.41, 5.74) is 11.0. The van der Waals surface area contributed by atoms with E-state index in [4.69, 9.17) is 17.3 Å². The lowest BCUT2D eigenvalue weighted by Crippen LogP contribution is -2.41. The molecule has 3 atom stereocenters. The average Bonchev–Trinajstić information content (AvgIpc) is 3.64. The van der Waals surface area contributed by atoms with Crippen LogP contribution in [0, 0.1) is 11.7 Å². The SMILES string of the molecule is CN1CCN=C1CN(C(=O)[C@H]1C[C@@H]1c1ccc(Cl)cc1)c1ccc2c(c1)C(N)CCC2.Fc1ccc(S)cc1. The second-order valence-electron chi connectivity index (χ2n) is 10.5. The number of likely N-dealkylation sites (N-methyl/N-ethyl adjacent to an activating group) is 1. The van der Waals surface area contributed by atoms with Crippen molar-refractivity contribution in [2.75, 3.05) is 31.6 Å². The molecule has 1 aliphatic heterocycles. The van der Waals surface area contributed by atoms with E-state index >= 15 is 0 Å². The molecule has 2 aliphatic carbocycles. The number of carbonyl (C=O) groups excluding carboxylic acids is 1. The Balaban J connectivity index is 0.000000332. The number of thiol groups is 1. The van der Waals surface area contributed by atoms with E-state index in [0.29, 0.717) is 6.54 Å². The number of nitrogens with zero attached hydrogens (tertiary/aromatic N) is 3. The van der Waals surface area contributed by atoms with Crippen molar-refractivity contribution < 1.29 is 9.18 Å². The molecule has 0 bridgehead atoms. The Morgan fingerprint density at radius 1 is 1.15 bits per heavy atom. The number of rotatable bonds is 5. The number of aliphatic imine (C=N–C) groups is 1. The van der Waals surface area contributed by atoms with Crippen molar-refractivity contribution in [2.24, 2.45) is 16.6 Å². The van der Waals surface area contributed by atoms with Gasteiger partial charge in [-0.2, -0.15) is 0 Å². The molecule has 1 fully saturated rings. The van der Waals surface area contributed by atoms with Crippen molar-refractivity contribution in [1.29, 1.82) is 0 Å². The fourth-order valence-electron chi connectivity index (χ4n) is 5.37. The molecule has 3 aliphatic rings. The van der Waals surface area contributed by atoms with Gasteiger partial charge in [-0.3, -0.25) is 9.79 Å². The molecule has 204 valence electrons. The normalized spacial score (nSPS) is 21.4. The van der Waals surface area contributed by atoms with Gasteiger partial charge in [0.1, 0.15) is 11.7 Å². The Bertz CT molecular complexity index is 1330. The first-order chi connectivity index (χ1) is 18.8. The van der Waals surface area contributed by atoms with Crippen molar-refractivity contribution >= 4 is 41.7 Å². The van der Waals surface area contributed by atoms with Crippen LogP contribution in [0.15, 0.2) is 76.6 Å². The largest absolute Gasteiger partial charge is 0.360 e. The molecule has 0 aromatic heterocycles. The summed E-state index contributed by atoms with van der Waals surface area (Å²) in [5.74, 6) is 1.18. The molecule has 6 rings (SSSR count). The maximum Gasteiger partial charge on any atom is 0.231 e. The number of amides is 1. The average molecular weight is 565 g/mol. The van der Waals surface area contributed by atoms with Crippen LogP contribution in [0.3, 0.4) is 0 Å². The number of carbonyl (C=O) groups is 1. The van der Waals surface area contributed by atoms with Crippen LogP contribution in [-0.4, -0.2) is 43.3 Å². The highest BCUT2D eigenvalue weighted by molar-refractivity contribution is 7.80. The number of fused-ring (bicyclic) bond motifs is 1. The van der Waals surface area contributed by atoms with Crippen LogP contribution in [0.5, 0.6) is 0 Å². The monoisotopic (exact) mass is 564 g/mol. The molecule has 2 N–H and O–H groups in total. The molecule has 39 heavy (non-hydrogen) atoms. The van der Waals surface area contributed by atoms with Crippen molar-refractivity contribution in [3.05, 3.63) is 94.3 Å². The fourth-order valence-corrected chi connectivity index (χ4v) is 5.64. The number of nitrogens with two attached hydrogens (primary N) is 1. The van der Waals surface area contributed by atoms with E-state index in [1.807, 2.05) is 36.2 Å². The molecule has 1 amide bonds. The number of amidine groups is 1. The minimum atomic E-state index is -0.220. The Hall–Kier alpha value is -2.87.